The highest BCUT2D eigenvalue weighted by molar-refractivity contribution is 5.14. The Kier molecular flexibility index (Phi) is 5.32. The molecule has 0 aromatic heterocycles. The van der Waals surface area contributed by atoms with E-state index >= 15 is 0 Å². The van der Waals surface area contributed by atoms with Gasteiger partial charge in [-0.2, -0.15) is 0 Å². The van der Waals surface area contributed by atoms with Crippen LogP contribution in [0.1, 0.15) is 51.0 Å². The van der Waals surface area contributed by atoms with Crippen LogP contribution in [-0.4, -0.2) is 30.1 Å². The molecule has 0 radical (unpaired) electrons. The summed E-state index contributed by atoms with van der Waals surface area (Å²) in [6, 6.07) is 12.3. The van der Waals surface area contributed by atoms with Crippen LogP contribution in [0.25, 0.3) is 0 Å². The molecule has 1 aliphatic carbocycles. The van der Waals surface area contributed by atoms with Crippen LogP contribution >= 0.6 is 0 Å². The van der Waals surface area contributed by atoms with Gasteiger partial charge in [0.1, 0.15) is 0 Å². The Labute approximate surface area is 129 Å². The Morgan fingerprint density at radius 3 is 2.43 bits per heavy atom. The van der Waals surface area contributed by atoms with Gasteiger partial charge in [0.15, 0.2) is 0 Å². The molecule has 116 valence electrons. The normalized spacial score (nSPS) is 22.9. The minimum atomic E-state index is 0.709. The average Bonchev–Trinajstić information content (AvgIpc) is 2.46. The number of rotatable bonds is 6. The molecule has 1 N–H and O–H groups in total. The molecule has 1 heterocycles. The molecule has 0 bridgehead atoms. The van der Waals surface area contributed by atoms with E-state index in [1.54, 1.807) is 0 Å². The van der Waals surface area contributed by atoms with Crippen LogP contribution in [0.15, 0.2) is 30.3 Å². The Morgan fingerprint density at radius 2 is 1.81 bits per heavy atom. The van der Waals surface area contributed by atoms with Crippen molar-refractivity contribution in [2.24, 2.45) is 5.92 Å². The molecule has 2 aliphatic rings. The van der Waals surface area contributed by atoms with E-state index in [0.29, 0.717) is 6.04 Å². The van der Waals surface area contributed by atoms with Gasteiger partial charge in [0.2, 0.25) is 0 Å². The molecule has 1 aliphatic heterocycles. The van der Waals surface area contributed by atoms with Gasteiger partial charge in [-0.05, 0) is 50.8 Å². The van der Waals surface area contributed by atoms with E-state index in [0.717, 1.165) is 18.5 Å². The molecule has 21 heavy (non-hydrogen) atoms. The highest BCUT2D eigenvalue weighted by atomic mass is 15.1. The Balaban J connectivity index is 1.36. The van der Waals surface area contributed by atoms with E-state index in [1.165, 1.54) is 57.2 Å². The standard InChI is InChI=1S/C19H30N2/c1-16(14-17-8-5-9-17)20-19-10-12-21(13-11-19)15-18-6-3-2-4-7-18/h2-4,6-7,16-17,19-20H,5,8-15H2,1H3. The highest BCUT2D eigenvalue weighted by Gasteiger charge is 2.23. The third-order valence-electron chi connectivity index (χ3n) is 5.27. The van der Waals surface area contributed by atoms with Crippen molar-refractivity contribution in [3.63, 3.8) is 0 Å². The molecule has 1 atom stereocenters. The van der Waals surface area contributed by atoms with Gasteiger partial charge < -0.3 is 5.32 Å². The van der Waals surface area contributed by atoms with Crippen LogP contribution < -0.4 is 5.32 Å². The van der Waals surface area contributed by atoms with Crippen LogP contribution in [0.2, 0.25) is 0 Å². The van der Waals surface area contributed by atoms with Crippen molar-refractivity contribution in [3.05, 3.63) is 35.9 Å². The molecule has 3 rings (SSSR count). The monoisotopic (exact) mass is 286 g/mol. The number of nitrogens with zero attached hydrogens (tertiary/aromatic N) is 1. The first-order chi connectivity index (χ1) is 10.3. The number of hydrogen-bond donors (Lipinski definition) is 1. The second kappa shape index (κ2) is 7.42. The van der Waals surface area contributed by atoms with E-state index in [9.17, 15) is 0 Å². The van der Waals surface area contributed by atoms with Crippen LogP contribution in [0.4, 0.5) is 0 Å². The minimum Gasteiger partial charge on any atom is -0.311 e. The Morgan fingerprint density at radius 1 is 1.10 bits per heavy atom. The van der Waals surface area contributed by atoms with Gasteiger partial charge in [-0.25, -0.2) is 0 Å². The van der Waals surface area contributed by atoms with Crippen molar-refractivity contribution < 1.29 is 0 Å². The summed E-state index contributed by atoms with van der Waals surface area (Å²) in [7, 11) is 0. The summed E-state index contributed by atoms with van der Waals surface area (Å²) in [5, 5.41) is 3.88. The third-order valence-corrected chi connectivity index (χ3v) is 5.27. The summed E-state index contributed by atoms with van der Waals surface area (Å²) in [6.45, 7) is 5.98. The fourth-order valence-corrected chi connectivity index (χ4v) is 3.80. The summed E-state index contributed by atoms with van der Waals surface area (Å²) in [4.78, 5) is 2.60. The van der Waals surface area contributed by atoms with Gasteiger partial charge >= 0.3 is 0 Å². The number of piperidine rings is 1. The van der Waals surface area contributed by atoms with Crippen LogP contribution in [0, 0.1) is 5.92 Å². The Hall–Kier alpha value is -0.860. The van der Waals surface area contributed by atoms with Crippen molar-refractivity contribution in [2.75, 3.05) is 13.1 Å². The molecule has 1 aromatic rings. The quantitative estimate of drug-likeness (QED) is 0.855. The van der Waals surface area contributed by atoms with Crippen LogP contribution in [0.3, 0.4) is 0 Å². The number of nitrogens with one attached hydrogen (secondary N) is 1. The summed E-state index contributed by atoms with van der Waals surface area (Å²) in [6.07, 6.45) is 8.42. The van der Waals surface area contributed by atoms with E-state index in [2.05, 4.69) is 47.5 Å². The predicted octanol–water partition coefficient (Wildman–Crippen LogP) is 3.82. The van der Waals surface area contributed by atoms with Gasteiger partial charge in [-0.1, -0.05) is 49.6 Å². The first kappa shape index (κ1) is 15.1. The maximum absolute atomic E-state index is 3.88. The topological polar surface area (TPSA) is 15.3 Å². The van der Waals surface area contributed by atoms with Gasteiger partial charge in [-0.15, -0.1) is 0 Å². The first-order valence-corrected chi connectivity index (χ1v) is 8.82. The predicted molar refractivity (Wildman–Crippen MR) is 89.3 cm³/mol. The molecule has 0 amide bonds. The maximum atomic E-state index is 3.88. The lowest BCUT2D eigenvalue weighted by molar-refractivity contribution is 0.176. The number of hydrogen-bond acceptors (Lipinski definition) is 2. The van der Waals surface area contributed by atoms with Crippen LogP contribution in [-0.2, 0) is 6.54 Å². The lowest BCUT2D eigenvalue weighted by atomic mass is 9.81. The zero-order chi connectivity index (χ0) is 14.5. The second-order valence-corrected chi connectivity index (χ2v) is 7.14. The number of benzene rings is 1. The third kappa shape index (κ3) is 4.55. The highest BCUT2D eigenvalue weighted by Crippen LogP contribution is 2.30. The molecular weight excluding hydrogens is 256 g/mol. The lowest BCUT2D eigenvalue weighted by Gasteiger charge is -2.35. The van der Waals surface area contributed by atoms with Crippen molar-refractivity contribution in [3.8, 4) is 0 Å². The molecule has 2 nitrogen and oxygen atoms in total. The molecule has 1 saturated heterocycles. The lowest BCUT2D eigenvalue weighted by Crippen LogP contribution is -2.45. The fourth-order valence-electron chi connectivity index (χ4n) is 3.80. The number of likely N-dealkylation sites (tertiary alicyclic amines) is 1. The zero-order valence-corrected chi connectivity index (χ0v) is 13.4. The van der Waals surface area contributed by atoms with Gasteiger partial charge in [-0.3, -0.25) is 4.90 Å². The largest absolute Gasteiger partial charge is 0.311 e. The van der Waals surface area contributed by atoms with Gasteiger partial charge in [0.05, 0.1) is 0 Å². The molecule has 2 heteroatoms. The summed E-state index contributed by atoms with van der Waals surface area (Å²) < 4.78 is 0. The molecule has 1 aromatic carbocycles. The summed E-state index contributed by atoms with van der Waals surface area (Å²) in [5.41, 5.74) is 1.45. The van der Waals surface area contributed by atoms with Crippen molar-refractivity contribution in [1.82, 2.24) is 10.2 Å². The SMILES string of the molecule is CC(CC1CCC1)NC1CCN(Cc2ccccc2)CC1. The molecule has 2 fully saturated rings. The average molecular weight is 286 g/mol. The van der Waals surface area contributed by atoms with E-state index in [1.807, 2.05) is 0 Å². The van der Waals surface area contributed by atoms with Crippen molar-refractivity contribution in [1.29, 1.82) is 0 Å². The van der Waals surface area contributed by atoms with Gasteiger partial charge in [0, 0.05) is 18.6 Å². The molecular formula is C19H30N2. The van der Waals surface area contributed by atoms with Crippen LogP contribution in [0.5, 0.6) is 0 Å². The minimum absolute atomic E-state index is 0.709. The Bertz CT molecular complexity index is 405. The molecule has 0 spiro atoms. The van der Waals surface area contributed by atoms with Crippen molar-refractivity contribution >= 4 is 0 Å². The summed E-state index contributed by atoms with van der Waals surface area (Å²) >= 11 is 0. The fraction of sp³-hybridized carbons (Fsp3) is 0.684. The maximum Gasteiger partial charge on any atom is 0.0233 e. The zero-order valence-electron chi connectivity index (χ0n) is 13.4. The summed E-state index contributed by atoms with van der Waals surface area (Å²) in [5.74, 6) is 1.02. The first-order valence-electron chi connectivity index (χ1n) is 8.82. The van der Waals surface area contributed by atoms with Crippen molar-refractivity contribution in [2.45, 2.75) is 64.1 Å². The second-order valence-electron chi connectivity index (χ2n) is 7.14. The van der Waals surface area contributed by atoms with E-state index < -0.39 is 0 Å². The van der Waals surface area contributed by atoms with Gasteiger partial charge in [0.25, 0.3) is 0 Å². The smallest absolute Gasteiger partial charge is 0.0233 e. The van der Waals surface area contributed by atoms with E-state index in [4.69, 9.17) is 0 Å². The molecule has 1 saturated carbocycles. The van der Waals surface area contributed by atoms with E-state index in [-0.39, 0.29) is 0 Å². The molecule has 1 unspecified atom stereocenters.